The quantitative estimate of drug-likeness (QED) is 0.411. The SMILES string of the molecule is O=C1NN(c2ccc(F)cc2)C(=O)C1=Cc1ccc(-c2ccc3c(c2)COC3=O)o1. The van der Waals surface area contributed by atoms with Gasteiger partial charge in [-0.3, -0.25) is 15.0 Å². The minimum Gasteiger partial charge on any atom is -0.457 e. The number of cyclic esters (lactones) is 1. The van der Waals surface area contributed by atoms with Gasteiger partial charge in [-0.25, -0.2) is 14.2 Å². The molecular formula is C22H13FN2O5. The van der Waals surface area contributed by atoms with Crippen LogP contribution in [0.3, 0.4) is 0 Å². The van der Waals surface area contributed by atoms with Gasteiger partial charge in [0.25, 0.3) is 11.8 Å². The van der Waals surface area contributed by atoms with Gasteiger partial charge in [0.1, 0.15) is 29.5 Å². The molecule has 3 heterocycles. The lowest BCUT2D eigenvalue weighted by Crippen LogP contribution is -2.35. The number of nitrogens with one attached hydrogen (secondary N) is 1. The topological polar surface area (TPSA) is 88.9 Å². The average Bonchev–Trinajstić information content (AvgIpc) is 3.43. The van der Waals surface area contributed by atoms with Gasteiger partial charge in [0.2, 0.25) is 0 Å². The number of fused-ring (bicyclic) bond motifs is 1. The van der Waals surface area contributed by atoms with Crippen LogP contribution in [0.1, 0.15) is 21.7 Å². The van der Waals surface area contributed by atoms with Gasteiger partial charge >= 0.3 is 5.97 Å². The molecule has 0 unspecified atom stereocenters. The summed E-state index contributed by atoms with van der Waals surface area (Å²) < 4.78 is 23.9. The Bertz CT molecular complexity index is 1240. The highest BCUT2D eigenvalue weighted by atomic mass is 19.1. The van der Waals surface area contributed by atoms with Crippen molar-refractivity contribution in [3.63, 3.8) is 0 Å². The van der Waals surface area contributed by atoms with Crippen molar-refractivity contribution in [1.29, 1.82) is 0 Å². The number of carbonyl (C=O) groups excluding carboxylic acids is 3. The van der Waals surface area contributed by atoms with Crippen molar-refractivity contribution < 1.29 is 27.9 Å². The Labute approximate surface area is 169 Å². The molecule has 2 aromatic carbocycles. The largest absolute Gasteiger partial charge is 0.457 e. The summed E-state index contributed by atoms with van der Waals surface area (Å²) in [4.78, 5) is 36.5. The molecule has 0 saturated carbocycles. The van der Waals surface area contributed by atoms with E-state index in [0.29, 0.717) is 22.8 Å². The van der Waals surface area contributed by atoms with Crippen LogP contribution in [0.5, 0.6) is 0 Å². The monoisotopic (exact) mass is 404 g/mol. The molecule has 0 spiro atoms. The number of rotatable bonds is 3. The molecule has 8 heteroatoms. The Morgan fingerprint density at radius 3 is 2.60 bits per heavy atom. The first-order chi connectivity index (χ1) is 14.5. The maximum absolute atomic E-state index is 13.1. The van der Waals surface area contributed by atoms with E-state index in [1.165, 1.54) is 30.3 Å². The van der Waals surface area contributed by atoms with Gasteiger partial charge in [-0.1, -0.05) is 6.07 Å². The highest BCUT2D eigenvalue weighted by Crippen LogP contribution is 2.29. The Morgan fingerprint density at radius 1 is 1.00 bits per heavy atom. The van der Waals surface area contributed by atoms with E-state index in [-0.39, 0.29) is 18.1 Å². The molecule has 1 fully saturated rings. The minimum absolute atomic E-state index is 0.104. The van der Waals surface area contributed by atoms with Crippen molar-refractivity contribution in [2.24, 2.45) is 0 Å². The second-order valence-electron chi connectivity index (χ2n) is 6.77. The van der Waals surface area contributed by atoms with Crippen LogP contribution in [0, 0.1) is 5.82 Å². The highest BCUT2D eigenvalue weighted by molar-refractivity contribution is 6.31. The number of hydrazine groups is 1. The molecule has 0 aliphatic carbocycles. The third-order valence-electron chi connectivity index (χ3n) is 4.86. The lowest BCUT2D eigenvalue weighted by Gasteiger charge is -2.14. The van der Waals surface area contributed by atoms with Gasteiger partial charge in [-0.2, -0.15) is 0 Å². The maximum Gasteiger partial charge on any atom is 0.338 e. The van der Waals surface area contributed by atoms with Gasteiger partial charge in [-0.15, -0.1) is 0 Å². The summed E-state index contributed by atoms with van der Waals surface area (Å²) in [6.45, 7) is 0.216. The van der Waals surface area contributed by atoms with E-state index in [0.717, 1.165) is 16.1 Å². The Balaban J connectivity index is 1.41. The smallest absolute Gasteiger partial charge is 0.338 e. The molecule has 0 bridgehead atoms. The van der Waals surface area contributed by atoms with Crippen LogP contribution in [0.4, 0.5) is 10.1 Å². The standard InChI is InChI=1S/C22H13FN2O5/c23-14-2-4-15(5-3-14)25-21(27)18(20(26)24-25)10-16-6-8-19(30-16)12-1-7-17-13(9-12)11-29-22(17)28/h1-10H,11H2,(H,24,26). The van der Waals surface area contributed by atoms with E-state index in [4.69, 9.17) is 9.15 Å². The summed E-state index contributed by atoms with van der Waals surface area (Å²) >= 11 is 0. The third-order valence-corrected chi connectivity index (χ3v) is 4.86. The summed E-state index contributed by atoms with van der Waals surface area (Å²) in [5.41, 5.74) is 4.73. The lowest BCUT2D eigenvalue weighted by atomic mass is 10.0. The van der Waals surface area contributed by atoms with Gasteiger partial charge in [-0.05, 0) is 54.6 Å². The fourth-order valence-electron chi connectivity index (χ4n) is 3.34. The van der Waals surface area contributed by atoms with Crippen LogP contribution >= 0.6 is 0 Å². The van der Waals surface area contributed by atoms with Crippen LogP contribution in [0.15, 0.2) is 64.6 Å². The first kappa shape index (κ1) is 17.9. The van der Waals surface area contributed by atoms with Crippen molar-refractivity contribution in [3.8, 4) is 11.3 Å². The molecule has 0 radical (unpaired) electrons. The number of furan rings is 1. The molecule has 1 saturated heterocycles. The number of hydrogen-bond acceptors (Lipinski definition) is 5. The fraction of sp³-hybridized carbons (Fsp3) is 0.0455. The molecule has 2 aliphatic heterocycles. The van der Waals surface area contributed by atoms with E-state index >= 15 is 0 Å². The number of ether oxygens (including phenoxy) is 1. The summed E-state index contributed by atoms with van der Waals surface area (Å²) in [6, 6.07) is 13.8. The van der Waals surface area contributed by atoms with Crippen molar-refractivity contribution in [2.75, 3.05) is 5.01 Å². The van der Waals surface area contributed by atoms with Crippen LogP contribution in [-0.2, 0) is 20.9 Å². The second kappa shape index (κ2) is 6.70. The van der Waals surface area contributed by atoms with Gasteiger partial charge in [0.15, 0.2) is 0 Å². The summed E-state index contributed by atoms with van der Waals surface area (Å²) in [5, 5.41) is 1.05. The molecule has 148 valence electrons. The maximum atomic E-state index is 13.1. The molecular weight excluding hydrogens is 391 g/mol. The number of amides is 2. The molecule has 3 aromatic rings. The highest BCUT2D eigenvalue weighted by Gasteiger charge is 2.34. The number of esters is 1. The summed E-state index contributed by atoms with van der Waals surface area (Å²) in [6.07, 6.45) is 1.35. The minimum atomic E-state index is -0.588. The molecule has 1 aromatic heterocycles. The van der Waals surface area contributed by atoms with Crippen molar-refractivity contribution in [3.05, 3.63) is 82.9 Å². The van der Waals surface area contributed by atoms with Gasteiger partial charge in [0, 0.05) is 11.1 Å². The van der Waals surface area contributed by atoms with Crippen molar-refractivity contribution in [1.82, 2.24) is 5.43 Å². The number of anilines is 1. The zero-order valence-electron chi connectivity index (χ0n) is 15.3. The molecule has 2 amide bonds. The summed E-state index contributed by atoms with van der Waals surface area (Å²) in [5.74, 6) is -1.12. The molecule has 7 nitrogen and oxygen atoms in total. The fourth-order valence-corrected chi connectivity index (χ4v) is 3.34. The van der Waals surface area contributed by atoms with Crippen LogP contribution in [0.25, 0.3) is 17.4 Å². The molecule has 5 rings (SSSR count). The average molecular weight is 404 g/mol. The number of nitrogens with zero attached hydrogens (tertiary/aromatic N) is 1. The molecule has 30 heavy (non-hydrogen) atoms. The number of carbonyl (C=O) groups is 3. The second-order valence-corrected chi connectivity index (χ2v) is 6.77. The van der Waals surface area contributed by atoms with Gasteiger partial charge < -0.3 is 9.15 Å². The van der Waals surface area contributed by atoms with E-state index in [2.05, 4.69) is 5.43 Å². The van der Waals surface area contributed by atoms with Gasteiger partial charge in [0.05, 0.1) is 11.3 Å². The van der Waals surface area contributed by atoms with E-state index in [1.54, 1.807) is 30.3 Å². The van der Waals surface area contributed by atoms with E-state index in [9.17, 15) is 18.8 Å². The molecule has 0 atom stereocenters. The lowest BCUT2D eigenvalue weighted by molar-refractivity contribution is -0.117. The Kier molecular flexibility index (Phi) is 3.99. The zero-order chi connectivity index (χ0) is 20.8. The zero-order valence-corrected chi connectivity index (χ0v) is 15.3. The first-order valence-corrected chi connectivity index (χ1v) is 9.02. The normalized spacial score (nSPS) is 16.8. The third kappa shape index (κ3) is 2.95. The van der Waals surface area contributed by atoms with Crippen LogP contribution in [-0.4, -0.2) is 17.8 Å². The van der Waals surface area contributed by atoms with Crippen LogP contribution < -0.4 is 10.4 Å². The first-order valence-electron chi connectivity index (χ1n) is 9.02. The van der Waals surface area contributed by atoms with Crippen LogP contribution in [0.2, 0.25) is 0 Å². The number of halogens is 1. The summed E-state index contributed by atoms with van der Waals surface area (Å²) in [7, 11) is 0. The van der Waals surface area contributed by atoms with Crippen molar-refractivity contribution in [2.45, 2.75) is 6.61 Å². The molecule has 1 N–H and O–H groups in total. The number of benzene rings is 2. The Morgan fingerprint density at radius 2 is 1.80 bits per heavy atom. The van der Waals surface area contributed by atoms with E-state index in [1.807, 2.05) is 0 Å². The predicted octanol–water partition coefficient (Wildman–Crippen LogP) is 3.22. The molecule has 2 aliphatic rings. The number of hydrogen-bond donors (Lipinski definition) is 1. The predicted molar refractivity (Wildman–Crippen MR) is 103 cm³/mol. The van der Waals surface area contributed by atoms with E-state index < -0.39 is 17.6 Å². The van der Waals surface area contributed by atoms with Crippen molar-refractivity contribution >= 4 is 29.5 Å². The Hall–Kier alpha value is -4.20.